The first-order valence-corrected chi connectivity index (χ1v) is 9.15. The van der Waals surface area contributed by atoms with Gasteiger partial charge in [0.25, 0.3) is 17.4 Å². The van der Waals surface area contributed by atoms with Gasteiger partial charge in [-0.1, -0.05) is 48.5 Å². The van der Waals surface area contributed by atoms with Gasteiger partial charge in [0.15, 0.2) is 0 Å². The number of amides is 1. The van der Waals surface area contributed by atoms with Crippen LogP contribution in [0.4, 0.5) is 11.4 Å². The minimum absolute atomic E-state index is 0.0658. The lowest BCUT2D eigenvalue weighted by Crippen LogP contribution is -2.29. The van der Waals surface area contributed by atoms with Crippen LogP contribution in [0.2, 0.25) is 0 Å². The third-order valence-electron chi connectivity index (χ3n) is 4.95. The number of rotatable bonds is 4. The van der Waals surface area contributed by atoms with Crippen LogP contribution in [0.3, 0.4) is 0 Å². The van der Waals surface area contributed by atoms with Crippen LogP contribution < -0.4 is 4.90 Å². The molecule has 1 saturated heterocycles. The maximum atomic E-state index is 12.9. The monoisotopic (exact) mass is 400 g/mol. The number of aliphatic hydroxyl groups is 1. The van der Waals surface area contributed by atoms with Gasteiger partial charge in [-0.3, -0.25) is 24.6 Å². The average molecular weight is 400 g/mol. The second-order valence-electron chi connectivity index (χ2n) is 6.72. The fraction of sp³-hybridized carbons (Fsp3) is 0.0435. The number of hydrogen-bond donors (Lipinski definition) is 1. The number of para-hydroxylation sites is 1. The minimum atomic E-state index is -0.923. The van der Waals surface area contributed by atoms with Gasteiger partial charge in [-0.25, -0.2) is 0 Å². The molecular weight excluding hydrogens is 384 g/mol. The summed E-state index contributed by atoms with van der Waals surface area (Å²) in [5.74, 6) is -1.89. The number of nitro benzene ring substituents is 1. The number of ketones is 1. The van der Waals surface area contributed by atoms with E-state index in [0.29, 0.717) is 16.8 Å². The Kier molecular flexibility index (Phi) is 4.85. The van der Waals surface area contributed by atoms with Crippen molar-refractivity contribution < 1.29 is 19.6 Å². The summed E-state index contributed by atoms with van der Waals surface area (Å²) >= 11 is 0. The molecule has 148 valence electrons. The molecule has 30 heavy (non-hydrogen) atoms. The van der Waals surface area contributed by atoms with Crippen molar-refractivity contribution in [3.63, 3.8) is 0 Å². The maximum Gasteiger partial charge on any atom is 0.300 e. The first-order chi connectivity index (χ1) is 14.5. The van der Waals surface area contributed by atoms with Gasteiger partial charge in [0.1, 0.15) is 5.76 Å². The number of anilines is 1. The third kappa shape index (κ3) is 3.22. The van der Waals surface area contributed by atoms with Crippen molar-refractivity contribution in [1.29, 1.82) is 0 Å². The van der Waals surface area contributed by atoms with Crippen LogP contribution in [0.1, 0.15) is 17.2 Å². The number of nitrogens with zero attached hydrogens (tertiary/aromatic N) is 2. The van der Waals surface area contributed by atoms with E-state index in [9.17, 15) is 24.8 Å². The summed E-state index contributed by atoms with van der Waals surface area (Å²) in [6, 6.07) is 21.8. The molecule has 3 aromatic carbocycles. The Hall–Kier alpha value is -4.26. The Morgan fingerprint density at radius 2 is 1.43 bits per heavy atom. The number of non-ortho nitro benzene ring substituents is 1. The molecule has 1 atom stereocenters. The van der Waals surface area contributed by atoms with E-state index in [1.54, 1.807) is 60.7 Å². The normalized spacial score (nSPS) is 17.9. The van der Waals surface area contributed by atoms with E-state index < -0.39 is 22.7 Å². The first kappa shape index (κ1) is 19.1. The topological polar surface area (TPSA) is 101 Å². The highest BCUT2D eigenvalue weighted by molar-refractivity contribution is 6.51. The van der Waals surface area contributed by atoms with Crippen LogP contribution in [0, 0.1) is 10.1 Å². The fourth-order valence-electron chi connectivity index (χ4n) is 3.53. The zero-order chi connectivity index (χ0) is 21.3. The van der Waals surface area contributed by atoms with E-state index >= 15 is 0 Å². The standard InChI is InChI=1S/C23H16N2O5/c26-21(16-7-3-1-4-8-16)19-20(15-11-13-18(14-12-15)25(29)30)24(23(28)22(19)27)17-9-5-2-6-10-17/h1-14,20,26H/b21-19+/t20-/m1/s1. The number of nitro groups is 1. The van der Waals surface area contributed by atoms with Gasteiger partial charge < -0.3 is 5.11 Å². The lowest BCUT2D eigenvalue weighted by Gasteiger charge is -2.25. The predicted octanol–water partition coefficient (Wildman–Crippen LogP) is 4.22. The minimum Gasteiger partial charge on any atom is -0.507 e. The van der Waals surface area contributed by atoms with Crippen LogP contribution in [0.25, 0.3) is 5.76 Å². The van der Waals surface area contributed by atoms with E-state index in [-0.39, 0.29) is 17.0 Å². The summed E-state index contributed by atoms with van der Waals surface area (Å²) in [6.45, 7) is 0. The van der Waals surface area contributed by atoms with Gasteiger partial charge in [0, 0.05) is 23.4 Å². The van der Waals surface area contributed by atoms with Crippen molar-refractivity contribution in [2.75, 3.05) is 4.90 Å². The van der Waals surface area contributed by atoms with Crippen molar-refractivity contribution in [2.24, 2.45) is 0 Å². The SMILES string of the molecule is O=C1C(=O)N(c2ccccc2)[C@H](c2ccc([N+](=O)[O-])cc2)/C1=C(\O)c1ccccc1. The molecule has 0 aliphatic carbocycles. The van der Waals surface area contributed by atoms with Crippen molar-refractivity contribution in [1.82, 2.24) is 0 Å². The molecule has 1 aliphatic heterocycles. The van der Waals surface area contributed by atoms with E-state index in [4.69, 9.17) is 0 Å². The second kappa shape index (κ2) is 7.63. The van der Waals surface area contributed by atoms with Gasteiger partial charge in [-0.05, 0) is 29.8 Å². The van der Waals surface area contributed by atoms with E-state index in [1.807, 2.05) is 0 Å². The van der Waals surface area contributed by atoms with E-state index in [2.05, 4.69) is 0 Å². The highest BCUT2D eigenvalue weighted by atomic mass is 16.6. The molecule has 7 nitrogen and oxygen atoms in total. The summed E-state index contributed by atoms with van der Waals surface area (Å²) in [6.07, 6.45) is 0. The second-order valence-corrected chi connectivity index (χ2v) is 6.72. The van der Waals surface area contributed by atoms with Crippen molar-refractivity contribution in [2.45, 2.75) is 6.04 Å². The molecule has 1 N–H and O–H groups in total. The molecule has 0 radical (unpaired) electrons. The van der Waals surface area contributed by atoms with Crippen molar-refractivity contribution in [3.8, 4) is 0 Å². The van der Waals surface area contributed by atoms with Crippen LogP contribution in [-0.4, -0.2) is 21.7 Å². The molecule has 0 aromatic heterocycles. The molecule has 1 amide bonds. The molecule has 0 spiro atoms. The number of Topliss-reactive ketones (excluding diaryl/α,β-unsaturated/α-hetero) is 1. The molecule has 4 rings (SSSR count). The number of hydrogen-bond acceptors (Lipinski definition) is 5. The number of benzene rings is 3. The predicted molar refractivity (Wildman–Crippen MR) is 111 cm³/mol. The zero-order valence-corrected chi connectivity index (χ0v) is 15.6. The van der Waals surface area contributed by atoms with Gasteiger partial charge >= 0.3 is 0 Å². The van der Waals surface area contributed by atoms with Crippen LogP contribution in [0.15, 0.2) is 90.5 Å². The molecule has 3 aromatic rings. The molecule has 1 fully saturated rings. The summed E-state index contributed by atoms with van der Waals surface area (Å²) in [5.41, 5.74) is 1.18. The first-order valence-electron chi connectivity index (χ1n) is 9.15. The molecule has 1 heterocycles. The third-order valence-corrected chi connectivity index (χ3v) is 4.95. The summed E-state index contributed by atoms with van der Waals surface area (Å²) < 4.78 is 0. The van der Waals surface area contributed by atoms with Crippen molar-refractivity contribution >= 4 is 28.8 Å². The Morgan fingerprint density at radius 1 is 0.867 bits per heavy atom. The van der Waals surface area contributed by atoms with Gasteiger partial charge in [-0.2, -0.15) is 0 Å². The quantitative estimate of drug-likeness (QED) is 0.232. The molecule has 0 bridgehead atoms. The van der Waals surface area contributed by atoms with Crippen LogP contribution >= 0.6 is 0 Å². The van der Waals surface area contributed by atoms with Crippen molar-refractivity contribution in [3.05, 3.63) is 112 Å². The largest absolute Gasteiger partial charge is 0.507 e. The highest BCUT2D eigenvalue weighted by Crippen LogP contribution is 2.42. The van der Waals surface area contributed by atoms with E-state index in [1.165, 1.54) is 29.2 Å². The van der Waals surface area contributed by atoms with Crippen LogP contribution in [0.5, 0.6) is 0 Å². The Morgan fingerprint density at radius 3 is 2.00 bits per heavy atom. The zero-order valence-electron chi connectivity index (χ0n) is 15.6. The number of aliphatic hydroxyl groups excluding tert-OH is 1. The smallest absolute Gasteiger partial charge is 0.300 e. The fourth-order valence-corrected chi connectivity index (χ4v) is 3.53. The Labute approximate surface area is 171 Å². The van der Waals surface area contributed by atoms with Crippen LogP contribution in [-0.2, 0) is 9.59 Å². The Bertz CT molecular complexity index is 1160. The lowest BCUT2D eigenvalue weighted by molar-refractivity contribution is -0.384. The average Bonchev–Trinajstić information content (AvgIpc) is 3.05. The van der Waals surface area contributed by atoms with E-state index in [0.717, 1.165) is 0 Å². The van der Waals surface area contributed by atoms with Gasteiger partial charge in [0.2, 0.25) is 0 Å². The molecule has 0 saturated carbocycles. The highest BCUT2D eigenvalue weighted by Gasteiger charge is 2.46. The van der Waals surface area contributed by atoms with Gasteiger partial charge in [-0.15, -0.1) is 0 Å². The molecular formula is C23H16N2O5. The molecule has 7 heteroatoms. The maximum absolute atomic E-state index is 12.9. The number of carbonyl (C=O) groups excluding carboxylic acids is 2. The summed E-state index contributed by atoms with van der Waals surface area (Å²) in [5, 5.41) is 21.9. The summed E-state index contributed by atoms with van der Waals surface area (Å²) in [4.78, 5) is 37.7. The van der Waals surface area contributed by atoms with Gasteiger partial charge in [0.05, 0.1) is 16.5 Å². The Balaban J connectivity index is 1.93. The lowest BCUT2D eigenvalue weighted by atomic mass is 9.95. The molecule has 1 aliphatic rings. The summed E-state index contributed by atoms with van der Waals surface area (Å²) in [7, 11) is 0. The number of carbonyl (C=O) groups is 2. The molecule has 0 unspecified atom stereocenters.